The van der Waals surface area contributed by atoms with Gasteiger partial charge in [0.05, 0.1) is 11.6 Å². The van der Waals surface area contributed by atoms with E-state index in [1.54, 1.807) is 48.5 Å². The number of ether oxygens (including phenoxy) is 3. The molecule has 128 valence electrons. The Morgan fingerprint density at radius 2 is 1.79 bits per heavy atom. The first kappa shape index (κ1) is 18.1. The molecule has 0 radical (unpaired) electrons. The van der Waals surface area contributed by atoms with Crippen molar-refractivity contribution in [2.45, 2.75) is 6.92 Å². The van der Waals surface area contributed by atoms with E-state index in [9.17, 15) is 4.79 Å². The Balaban J connectivity index is 1.76. The number of halogens is 1. The van der Waals surface area contributed by atoms with Crippen LogP contribution in [-0.4, -0.2) is 32.3 Å². The van der Waals surface area contributed by atoms with Gasteiger partial charge in [-0.3, -0.25) is 4.79 Å². The number of anilines is 1. The molecule has 0 atom stereocenters. The van der Waals surface area contributed by atoms with Crippen molar-refractivity contribution < 1.29 is 19.0 Å². The molecule has 2 aromatic carbocycles. The molecule has 0 saturated carbocycles. The third-order valence-corrected chi connectivity index (χ3v) is 3.35. The van der Waals surface area contributed by atoms with E-state index < -0.39 is 0 Å². The summed E-state index contributed by atoms with van der Waals surface area (Å²) in [6, 6.07) is 14.1. The summed E-state index contributed by atoms with van der Waals surface area (Å²) in [4.78, 5) is 11.9. The number of carbonyl (C=O) groups excluding carboxylic acids is 1. The molecular weight excluding hydrogens is 330 g/mol. The van der Waals surface area contributed by atoms with Crippen LogP contribution in [-0.2, 0) is 9.53 Å². The number of amides is 1. The normalized spacial score (nSPS) is 10.2. The zero-order valence-electron chi connectivity index (χ0n) is 13.5. The maximum atomic E-state index is 11.9. The van der Waals surface area contributed by atoms with Crippen molar-refractivity contribution in [2.75, 3.05) is 31.7 Å². The maximum Gasteiger partial charge on any atom is 0.262 e. The molecule has 0 spiro atoms. The SMILES string of the molecule is CCOCCOc1ccc(NC(=O)COc2ccccc2Cl)cc1. The Morgan fingerprint density at radius 3 is 2.50 bits per heavy atom. The van der Waals surface area contributed by atoms with E-state index in [-0.39, 0.29) is 12.5 Å². The second-order valence-electron chi connectivity index (χ2n) is 4.84. The molecular formula is C18H20ClNO4. The van der Waals surface area contributed by atoms with Crippen molar-refractivity contribution in [1.29, 1.82) is 0 Å². The summed E-state index contributed by atoms with van der Waals surface area (Å²) in [7, 11) is 0. The Morgan fingerprint density at radius 1 is 1.04 bits per heavy atom. The van der Waals surface area contributed by atoms with Gasteiger partial charge in [-0.2, -0.15) is 0 Å². The minimum absolute atomic E-state index is 0.115. The van der Waals surface area contributed by atoms with Crippen LogP contribution in [0.15, 0.2) is 48.5 Å². The van der Waals surface area contributed by atoms with Gasteiger partial charge in [-0.1, -0.05) is 23.7 Å². The summed E-state index contributed by atoms with van der Waals surface area (Å²) in [5, 5.41) is 3.22. The highest BCUT2D eigenvalue weighted by Gasteiger charge is 2.06. The Bertz CT molecular complexity index is 646. The zero-order chi connectivity index (χ0) is 17.2. The average Bonchev–Trinajstić information content (AvgIpc) is 2.59. The molecule has 6 heteroatoms. The van der Waals surface area contributed by atoms with Gasteiger partial charge >= 0.3 is 0 Å². The molecule has 0 aliphatic carbocycles. The van der Waals surface area contributed by atoms with E-state index >= 15 is 0 Å². The smallest absolute Gasteiger partial charge is 0.262 e. The van der Waals surface area contributed by atoms with Crippen LogP contribution in [0, 0.1) is 0 Å². The van der Waals surface area contributed by atoms with Crippen LogP contribution >= 0.6 is 11.6 Å². The second-order valence-corrected chi connectivity index (χ2v) is 5.24. The lowest BCUT2D eigenvalue weighted by Crippen LogP contribution is -2.20. The van der Waals surface area contributed by atoms with E-state index in [1.807, 2.05) is 6.92 Å². The van der Waals surface area contributed by atoms with E-state index in [4.69, 9.17) is 25.8 Å². The van der Waals surface area contributed by atoms with Crippen LogP contribution in [0.5, 0.6) is 11.5 Å². The number of nitrogens with one attached hydrogen (secondary N) is 1. The predicted octanol–water partition coefficient (Wildman–Crippen LogP) is 3.77. The van der Waals surface area contributed by atoms with Gasteiger partial charge in [0.2, 0.25) is 0 Å². The zero-order valence-corrected chi connectivity index (χ0v) is 14.2. The van der Waals surface area contributed by atoms with Crippen LogP contribution in [0.1, 0.15) is 6.92 Å². The van der Waals surface area contributed by atoms with Gasteiger partial charge in [-0.15, -0.1) is 0 Å². The van der Waals surface area contributed by atoms with Gasteiger partial charge in [0.1, 0.15) is 18.1 Å². The second kappa shape index (κ2) is 9.80. The Labute approximate surface area is 146 Å². The monoisotopic (exact) mass is 349 g/mol. The molecule has 1 amide bonds. The molecule has 0 heterocycles. The molecule has 2 aromatic rings. The molecule has 0 aliphatic rings. The fourth-order valence-corrected chi connectivity index (χ4v) is 2.09. The minimum Gasteiger partial charge on any atom is -0.491 e. The largest absolute Gasteiger partial charge is 0.491 e. The topological polar surface area (TPSA) is 56.8 Å². The maximum absolute atomic E-state index is 11.9. The molecule has 2 rings (SSSR count). The highest BCUT2D eigenvalue weighted by atomic mass is 35.5. The minimum atomic E-state index is -0.264. The molecule has 0 saturated heterocycles. The fourth-order valence-electron chi connectivity index (χ4n) is 1.90. The van der Waals surface area contributed by atoms with Crippen molar-refractivity contribution in [2.24, 2.45) is 0 Å². The highest BCUT2D eigenvalue weighted by Crippen LogP contribution is 2.23. The van der Waals surface area contributed by atoms with E-state index in [0.29, 0.717) is 36.3 Å². The van der Waals surface area contributed by atoms with E-state index in [1.165, 1.54) is 0 Å². The van der Waals surface area contributed by atoms with Crippen LogP contribution in [0.3, 0.4) is 0 Å². The lowest BCUT2D eigenvalue weighted by molar-refractivity contribution is -0.118. The standard InChI is InChI=1S/C18H20ClNO4/c1-2-22-11-12-23-15-9-7-14(8-10-15)20-18(21)13-24-17-6-4-3-5-16(17)19/h3-10H,2,11-13H2,1H3,(H,20,21). The lowest BCUT2D eigenvalue weighted by Gasteiger charge is -2.10. The van der Waals surface area contributed by atoms with Crippen LogP contribution in [0.25, 0.3) is 0 Å². The number of para-hydroxylation sites is 1. The molecule has 24 heavy (non-hydrogen) atoms. The van der Waals surface area contributed by atoms with Gasteiger partial charge in [-0.25, -0.2) is 0 Å². The number of rotatable bonds is 9. The summed E-state index contributed by atoms with van der Waals surface area (Å²) in [6.07, 6.45) is 0. The van der Waals surface area contributed by atoms with Gasteiger partial charge in [-0.05, 0) is 43.3 Å². The van der Waals surface area contributed by atoms with Crippen molar-refractivity contribution in [3.63, 3.8) is 0 Å². The first-order chi connectivity index (χ1) is 11.7. The van der Waals surface area contributed by atoms with Gasteiger partial charge in [0.25, 0.3) is 5.91 Å². The van der Waals surface area contributed by atoms with Crippen LogP contribution in [0.4, 0.5) is 5.69 Å². The molecule has 0 fully saturated rings. The molecule has 5 nitrogen and oxygen atoms in total. The van der Waals surface area contributed by atoms with Gasteiger partial charge in [0.15, 0.2) is 6.61 Å². The van der Waals surface area contributed by atoms with Gasteiger partial charge in [0, 0.05) is 12.3 Å². The molecule has 0 unspecified atom stereocenters. The Hall–Kier alpha value is -2.24. The average molecular weight is 350 g/mol. The molecule has 0 aromatic heterocycles. The first-order valence-electron chi connectivity index (χ1n) is 7.67. The molecule has 0 bridgehead atoms. The summed E-state index contributed by atoms with van der Waals surface area (Å²) >= 11 is 5.97. The number of benzene rings is 2. The number of hydrogen-bond acceptors (Lipinski definition) is 4. The summed E-state index contributed by atoms with van der Waals surface area (Å²) in [5.74, 6) is 0.937. The van der Waals surface area contributed by atoms with Crippen molar-refractivity contribution in [3.05, 3.63) is 53.6 Å². The van der Waals surface area contributed by atoms with Gasteiger partial charge < -0.3 is 19.5 Å². The predicted molar refractivity (Wildman–Crippen MR) is 94.0 cm³/mol. The Kier molecular flexibility index (Phi) is 7.39. The third kappa shape index (κ3) is 6.10. The van der Waals surface area contributed by atoms with Crippen molar-refractivity contribution in [3.8, 4) is 11.5 Å². The van der Waals surface area contributed by atoms with Crippen molar-refractivity contribution >= 4 is 23.2 Å². The lowest BCUT2D eigenvalue weighted by atomic mass is 10.3. The van der Waals surface area contributed by atoms with Crippen molar-refractivity contribution in [1.82, 2.24) is 0 Å². The first-order valence-corrected chi connectivity index (χ1v) is 8.04. The molecule has 0 aliphatic heterocycles. The van der Waals surface area contributed by atoms with Crippen LogP contribution < -0.4 is 14.8 Å². The van der Waals surface area contributed by atoms with E-state index in [2.05, 4.69) is 5.32 Å². The molecule has 1 N–H and O–H groups in total. The van der Waals surface area contributed by atoms with Crippen LogP contribution in [0.2, 0.25) is 5.02 Å². The number of carbonyl (C=O) groups is 1. The summed E-state index contributed by atoms with van der Waals surface area (Å²) < 4.78 is 16.1. The van der Waals surface area contributed by atoms with E-state index in [0.717, 1.165) is 5.75 Å². The highest BCUT2D eigenvalue weighted by molar-refractivity contribution is 6.32. The fraction of sp³-hybridized carbons (Fsp3) is 0.278. The summed E-state index contributed by atoms with van der Waals surface area (Å²) in [5.41, 5.74) is 0.667. The quantitative estimate of drug-likeness (QED) is 0.700. The number of hydrogen-bond donors (Lipinski definition) is 1. The summed E-state index contributed by atoms with van der Waals surface area (Å²) in [6.45, 7) is 3.54. The third-order valence-electron chi connectivity index (χ3n) is 3.03.